The number of piperidine rings is 1. The lowest BCUT2D eigenvalue weighted by Crippen LogP contribution is -2.54. The van der Waals surface area contributed by atoms with Crippen LogP contribution in [0.2, 0.25) is 0 Å². The zero-order valence-corrected chi connectivity index (χ0v) is 28.2. The molecule has 3 aromatic rings. The number of hydrogen-bond acceptors (Lipinski definition) is 9. The van der Waals surface area contributed by atoms with Gasteiger partial charge in [-0.25, -0.2) is 9.37 Å². The molecule has 48 heavy (non-hydrogen) atoms. The monoisotopic (exact) mass is 662 g/mol. The van der Waals surface area contributed by atoms with Gasteiger partial charge in [-0.15, -0.1) is 0 Å². The molecule has 0 bridgehead atoms. The zero-order chi connectivity index (χ0) is 33.3. The lowest BCUT2D eigenvalue weighted by atomic mass is 9.90. The van der Waals surface area contributed by atoms with Crippen LogP contribution in [0.4, 0.5) is 10.1 Å². The van der Waals surface area contributed by atoms with Gasteiger partial charge in [0.05, 0.1) is 23.7 Å². The molecule has 3 aliphatic rings. The van der Waals surface area contributed by atoms with Crippen LogP contribution in [0.3, 0.4) is 0 Å². The highest BCUT2D eigenvalue weighted by Gasteiger charge is 2.36. The van der Waals surface area contributed by atoms with Crippen LogP contribution >= 0.6 is 0 Å². The van der Waals surface area contributed by atoms with E-state index in [4.69, 9.17) is 9.15 Å². The molecular formula is C37H51FN6O4. The third kappa shape index (κ3) is 9.12. The quantitative estimate of drug-likeness (QED) is 0.242. The maximum absolute atomic E-state index is 14.9. The van der Waals surface area contributed by atoms with Crippen molar-refractivity contribution in [2.75, 3.05) is 31.5 Å². The summed E-state index contributed by atoms with van der Waals surface area (Å²) in [5.41, 5.74) is 3.62. The number of oxazole rings is 1. The van der Waals surface area contributed by atoms with Gasteiger partial charge < -0.3 is 24.9 Å². The predicted octanol–water partition coefficient (Wildman–Crippen LogP) is 5.58. The maximum atomic E-state index is 14.9. The summed E-state index contributed by atoms with van der Waals surface area (Å²) >= 11 is 0. The van der Waals surface area contributed by atoms with Gasteiger partial charge in [-0.3, -0.25) is 19.6 Å². The Kier molecular flexibility index (Phi) is 12.0. The fraction of sp³-hybridized carbons (Fsp3) is 0.595. The Morgan fingerprint density at radius 1 is 1.12 bits per heavy atom. The molecule has 6 rings (SSSR count). The van der Waals surface area contributed by atoms with Crippen molar-refractivity contribution in [1.82, 2.24) is 25.1 Å². The van der Waals surface area contributed by atoms with E-state index < -0.39 is 11.9 Å². The van der Waals surface area contributed by atoms with Gasteiger partial charge in [-0.2, -0.15) is 0 Å². The number of ether oxygens (including phenoxy) is 1. The average Bonchev–Trinajstić information content (AvgIpc) is 3.56. The van der Waals surface area contributed by atoms with Gasteiger partial charge in [-0.05, 0) is 74.4 Å². The first-order valence-electron chi connectivity index (χ1n) is 17.9. The van der Waals surface area contributed by atoms with Gasteiger partial charge in [-0.1, -0.05) is 38.5 Å². The first kappa shape index (κ1) is 34.3. The van der Waals surface area contributed by atoms with Gasteiger partial charge in [0.2, 0.25) is 5.91 Å². The number of anilines is 1. The Bertz CT molecular complexity index is 1460. The Morgan fingerprint density at radius 2 is 1.94 bits per heavy atom. The summed E-state index contributed by atoms with van der Waals surface area (Å²) in [5.74, 6) is 0.220. The fourth-order valence-corrected chi connectivity index (χ4v) is 7.60. The number of carbonyl (C=O) groups is 1. The van der Waals surface area contributed by atoms with Crippen LogP contribution in [-0.4, -0.2) is 75.3 Å². The number of halogens is 1. The van der Waals surface area contributed by atoms with E-state index in [0.717, 1.165) is 48.4 Å². The van der Waals surface area contributed by atoms with E-state index >= 15 is 0 Å². The largest absolute Gasteiger partial charge is 0.482 e. The van der Waals surface area contributed by atoms with Crippen LogP contribution in [0.5, 0.6) is 5.75 Å². The number of nitrogens with zero attached hydrogens (tertiary/aromatic N) is 4. The summed E-state index contributed by atoms with van der Waals surface area (Å²) in [4.78, 5) is 26.5. The molecule has 1 aromatic carbocycles. The lowest BCUT2D eigenvalue weighted by molar-refractivity contribution is -0.128. The maximum Gasteiger partial charge on any atom is 0.223 e. The number of nitrogens with one attached hydrogen (secondary N) is 2. The number of aliphatic hydroxyl groups is 1. The Balaban J connectivity index is 0.996. The SMILES string of the molecule is Cc1ncoc1COc1cc2c(cc1F)CN(C[C@@H](O)CNC(=O)C1CCN(C3CCCCCCCC3)C(Nc3cccnc3)C1)CC2. The molecular weight excluding hydrogens is 611 g/mol. The van der Waals surface area contributed by atoms with Crippen LogP contribution < -0.4 is 15.4 Å². The summed E-state index contributed by atoms with van der Waals surface area (Å²) in [6, 6.07) is 7.79. The van der Waals surface area contributed by atoms with E-state index in [0.29, 0.717) is 31.3 Å². The van der Waals surface area contributed by atoms with Crippen LogP contribution in [0, 0.1) is 18.7 Å². The molecule has 1 saturated heterocycles. The highest BCUT2D eigenvalue weighted by atomic mass is 19.1. The third-order valence-corrected chi connectivity index (χ3v) is 10.3. The number of β-amino-alcohol motifs (C(OH)–C–C–N with tert-alkyl or cyclic N) is 1. The van der Waals surface area contributed by atoms with Gasteiger partial charge in [0.15, 0.2) is 23.7 Å². The number of aryl methyl sites for hydroxylation is 1. The number of carbonyl (C=O) groups excluding carboxylic acids is 1. The lowest BCUT2D eigenvalue weighted by Gasteiger charge is -2.44. The average molecular weight is 663 g/mol. The molecule has 3 atom stereocenters. The standard InChI is InChI=1S/C37H51FN6O4/c1-26-35(48-25-41-26)24-47-34-18-27-12-15-43(22-29(27)17-33(34)38)23-32(45)21-40-37(46)28-13-16-44(31-10-6-4-2-3-5-7-11-31)36(19-28)42-30-9-8-14-39-20-30/h8-9,14,17-18,20,25,28,31-32,36,42,45H,2-7,10-13,15-16,19,21-24H2,1H3,(H,40,46)/t28?,32-,36?/m0/s1. The highest BCUT2D eigenvalue weighted by molar-refractivity contribution is 5.78. The highest BCUT2D eigenvalue weighted by Crippen LogP contribution is 2.31. The Labute approximate surface area is 283 Å². The van der Waals surface area contributed by atoms with Crippen molar-refractivity contribution in [2.45, 2.75) is 109 Å². The number of likely N-dealkylation sites (tertiary alicyclic amines) is 1. The number of benzene rings is 1. The number of amides is 1. The summed E-state index contributed by atoms with van der Waals surface area (Å²) in [5, 5.41) is 17.7. The molecule has 4 heterocycles. The van der Waals surface area contributed by atoms with E-state index in [9.17, 15) is 14.3 Å². The summed E-state index contributed by atoms with van der Waals surface area (Å²) in [7, 11) is 0. The second-order valence-corrected chi connectivity index (χ2v) is 13.8. The number of aromatic nitrogens is 2. The Hall–Kier alpha value is -3.54. The minimum absolute atomic E-state index is 0.000247. The molecule has 1 saturated carbocycles. The fourth-order valence-electron chi connectivity index (χ4n) is 7.60. The van der Waals surface area contributed by atoms with Gasteiger partial charge in [0.25, 0.3) is 0 Å². The van der Waals surface area contributed by atoms with Crippen LogP contribution in [0.15, 0.2) is 47.5 Å². The van der Waals surface area contributed by atoms with Crippen LogP contribution in [0.25, 0.3) is 0 Å². The molecule has 2 aromatic heterocycles. The van der Waals surface area contributed by atoms with E-state index in [1.807, 2.05) is 25.3 Å². The van der Waals surface area contributed by atoms with Crippen molar-refractivity contribution in [3.63, 3.8) is 0 Å². The molecule has 0 spiro atoms. The summed E-state index contributed by atoms with van der Waals surface area (Å²) < 4.78 is 25.9. The van der Waals surface area contributed by atoms with Crippen LogP contribution in [-0.2, 0) is 24.4 Å². The van der Waals surface area contributed by atoms with Crippen molar-refractivity contribution in [2.24, 2.45) is 5.92 Å². The molecule has 10 nitrogen and oxygen atoms in total. The van der Waals surface area contributed by atoms with Gasteiger partial charge in [0, 0.05) is 57.1 Å². The van der Waals surface area contributed by atoms with Crippen molar-refractivity contribution in [3.05, 3.63) is 71.5 Å². The van der Waals surface area contributed by atoms with E-state index in [1.165, 1.54) is 63.8 Å². The van der Waals surface area contributed by atoms with Crippen molar-refractivity contribution in [3.8, 4) is 5.75 Å². The van der Waals surface area contributed by atoms with E-state index in [-0.39, 0.29) is 36.9 Å². The third-order valence-electron chi connectivity index (χ3n) is 10.3. The second kappa shape index (κ2) is 16.7. The molecule has 3 N–H and O–H groups in total. The van der Waals surface area contributed by atoms with Crippen molar-refractivity contribution >= 4 is 11.6 Å². The van der Waals surface area contributed by atoms with E-state index in [2.05, 4.69) is 30.4 Å². The molecule has 0 radical (unpaired) electrons. The number of hydrogen-bond donors (Lipinski definition) is 3. The first-order valence-corrected chi connectivity index (χ1v) is 17.9. The first-order chi connectivity index (χ1) is 23.4. The molecule has 2 fully saturated rings. The molecule has 2 aliphatic heterocycles. The van der Waals surface area contributed by atoms with Crippen LogP contribution in [0.1, 0.15) is 86.8 Å². The molecule has 1 amide bonds. The zero-order valence-electron chi connectivity index (χ0n) is 28.2. The van der Waals surface area contributed by atoms with Crippen molar-refractivity contribution in [1.29, 1.82) is 0 Å². The van der Waals surface area contributed by atoms with E-state index in [1.54, 1.807) is 12.3 Å². The number of rotatable bonds is 11. The summed E-state index contributed by atoms with van der Waals surface area (Å²) in [6.45, 7) is 4.66. The van der Waals surface area contributed by atoms with Crippen molar-refractivity contribution < 1.29 is 23.4 Å². The second-order valence-electron chi connectivity index (χ2n) is 13.8. The molecule has 2 unspecified atom stereocenters. The summed E-state index contributed by atoms with van der Waals surface area (Å²) in [6.07, 6.45) is 16.8. The number of pyridine rings is 1. The normalized spacial score (nSPS) is 22.1. The molecule has 260 valence electrons. The number of aliphatic hydroxyl groups excluding tert-OH is 1. The predicted molar refractivity (Wildman–Crippen MR) is 182 cm³/mol. The minimum atomic E-state index is -0.726. The van der Waals surface area contributed by atoms with Gasteiger partial charge >= 0.3 is 0 Å². The minimum Gasteiger partial charge on any atom is -0.482 e. The molecule has 1 aliphatic carbocycles. The van der Waals surface area contributed by atoms with Gasteiger partial charge in [0.1, 0.15) is 6.61 Å². The Morgan fingerprint density at radius 3 is 2.69 bits per heavy atom. The molecule has 11 heteroatoms. The topological polar surface area (TPSA) is 116 Å². The number of fused-ring (bicyclic) bond motifs is 1. The smallest absolute Gasteiger partial charge is 0.223 e.